The van der Waals surface area contributed by atoms with E-state index in [2.05, 4.69) is 35.9 Å². The predicted octanol–water partition coefficient (Wildman–Crippen LogP) is 2.43. The average Bonchev–Trinajstić information content (AvgIpc) is 2.63. The molecule has 2 heterocycles. The molecule has 0 unspecified atom stereocenters. The van der Waals surface area contributed by atoms with E-state index in [0.717, 1.165) is 6.42 Å². The molecule has 0 spiro atoms. The van der Waals surface area contributed by atoms with Gasteiger partial charge in [-0.15, -0.1) is 0 Å². The van der Waals surface area contributed by atoms with Gasteiger partial charge in [0.2, 0.25) is 0 Å². The molecule has 0 radical (unpaired) electrons. The zero-order chi connectivity index (χ0) is 12.5. The molecule has 1 N–H and O–H groups in total. The summed E-state index contributed by atoms with van der Waals surface area (Å²) in [5.41, 5.74) is 0.732. The number of hydrogen-bond acceptors (Lipinski definition) is 5. The first kappa shape index (κ1) is 11.6. The molecule has 2 aromatic heterocycles. The van der Waals surface area contributed by atoms with E-state index < -0.39 is 0 Å². The van der Waals surface area contributed by atoms with E-state index in [1.54, 1.807) is 12.3 Å². The van der Waals surface area contributed by atoms with Crippen molar-refractivity contribution in [2.24, 2.45) is 5.41 Å². The minimum Gasteiger partial charge on any atom is -0.506 e. The topological polar surface area (TPSA) is 72.0 Å². The lowest BCUT2D eigenvalue weighted by atomic mass is 9.92. The van der Waals surface area contributed by atoms with Gasteiger partial charge in [0.15, 0.2) is 5.82 Å². The van der Waals surface area contributed by atoms with Crippen LogP contribution >= 0.6 is 0 Å². The van der Waals surface area contributed by atoms with Gasteiger partial charge in [-0.1, -0.05) is 25.9 Å². The standard InChI is InChI=1S/C12H15N3O2/c1-12(2,3)5-10-14-11(17-15-10)8-4-9(16)7-13-6-8/h4,6-7,16H,5H2,1-3H3. The van der Waals surface area contributed by atoms with Crippen LogP contribution in [-0.4, -0.2) is 20.2 Å². The van der Waals surface area contributed by atoms with Crippen LogP contribution in [0, 0.1) is 5.41 Å². The van der Waals surface area contributed by atoms with Crippen molar-refractivity contribution in [2.45, 2.75) is 27.2 Å². The highest BCUT2D eigenvalue weighted by Gasteiger charge is 2.17. The third-order valence-corrected chi connectivity index (χ3v) is 2.13. The van der Waals surface area contributed by atoms with Gasteiger partial charge in [0, 0.05) is 12.6 Å². The van der Waals surface area contributed by atoms with E-state index in [9.17, 15) is 5.11 Å². The lowest BCUT2D eigenvalue weighted by Gasteiger charge is -2.14. The summed E-state index contributed by atoms with van der Waals surface area (Å²) in [6, 6.07) is 1.54. The molecule has 0 amide bonds. The number of pyridine rings is 1. The molecule has 0 bridgehead atoms. The van der Waals surface area contributed by atoms with Gasteiger partial charge in [0.05, 0.1) is 11.8 Å². The summed E-state index contributed by atoms with van der Waals surface area (Å²) < 4.78 is 5.14. The number of aromatic hydroxyl groups is 1. The summed E-state index contributed by atoms with van der Waals surface area (Å²) in [5, 5.41) is 13.2. The molecule has 0 aromatic carbocycles. The van der Waals surface area contributed by atoms with Crippen molar-refractivity contribution in [1.29, 1.82) is 0 Å². The van der Waals surface area contributed by atoms with Crippen molar-refractivity contribution in [1.82, 2.24) is 15.1 Å². The summed E-state index contributed by atoms with van der Waals surface area (Å²) >= 11 is 0. The Hall–Kier alpha value is -1.91. The highest BCUT2D eigenvalue weighted by Crippen LogP contribution is 2.23. The molecule has 5 heteroatoms. The maximum Gasteiger partial charge on any atom is 0.259 e. The maximum atomic E-state index is 9.32. The fourth-order valence-corrected chi connectivity index (χ4v) is 1.46. The molecule has 0 aliphatic rings. The fraction of sp³-hybridized carbons (Fsp3) is 0.417. The Bertz CT molecular complexity index is 514. The van der Waals surface area contributed by atoms with Gasteiger partial charge in [0.1, 0.15) is 5.75 Å². The van der Waals surface area contributed by atoms with E-state index in [0.29, 0.717) is 17.3 Å². The lowest BCUT2D eigenvalue weighted by Crippen LogP contribution is -2.10. The molecule has 2 aromatic rings. The summed E-state index contributed by atoms with van der Waals surface area (Å²) in [6.07, 6.45) is 3.67. The van der Waals surface area contributed by atoms with Crippen molar-refractivity contribution in [2.75, 3.05) is 0 Å². The van der Waals surface area contributed by atoms with Crippen LogP contribution in [0.4, 0.5) is 0 Å². The molecule has 0 fully saturated rings. The second kappa shape index (κ2) is 4.16. The minimum atomic E-state index is 0.0815. The first-order chi connectivity index (χ1) is 7.94. The van der Waals surface area contributed by atoms with Gasteiger partial charge < -0.3 is 9.63 Å². The van der Waals surface area contributed by atoms with Gasteiger partial charge in [-0.3, -0.25) is 4.98 Å². The molecular weight excluding hydrogens is 218 g/mol. The molecule has 5 nitrogen and oxygen atoms in total. The van der Waals surface area contributed by atoms with Crippen LogP contribution in [0.15, 0.2) is 23.0 Å². The van der Waals surface area contributed by atoms with Crippen molar-refractivity contribution in [3.05, 3.63) is 24.3 Å². The third-order valence-electron chi connectivity index (χ3n) is 2.13. The SMILES string of the molecule is CC(C)(C)Cc1noc(-c2cncc(O)c2)n1. The molecule has 0 saturated heterocycles. The van der Waals surface area contributed by atoms with E-state index in [-0.39, 0.29) is 11.2 Å². The van der Waals surface area contributed by atoms with Gasteiger partial charge in [-0.2, -0.15) is 4.98 Å². The van der Waals surface area contributed by atoms with E-state index >= 15 is 0 Å². The molecule has 0 saturated carbocycles. The van der Waals surface area contributed by atoms with Gasteiger partial charge >= 0.3 is 0 Å². The second-order valence-electron chi connectivity index (χ2n) is 5.19. The number of rotatable bonds is 2. The zero-order valence-electron chi connectivity index (χ0n) is 10.1. The number of hydrogen-bond donors (Lipinski definition) is 1. The van der Waals surface area contributed by atoms with Crippen LogP contribution in [0.2, 0.25) is 0 Å². The summed E-state index contributed by atoms with van der Waals surface area (Å²) in [7, 11) is 0. The molecule has 90 valence electrons. The minimum absolute atomic E-state index is 0.0815. The molecule has 0 aliphatic carbocycles. The van der Waals surface area contributed by atoms with Gasteiger partial charge in [-0.05, 0) is 11.5 Å². The normalized spacial score (nSPS) is 11.7. The van der Waals surface area contributed by atoms with Gasteiger partial charge in [-0.25, -0.2) is 0 Å². The first-order valence-electron chi connectivity index (χ1n) is 5.41. The number of aromatic nitrogens is 3. The van der Waals surface area contributed by atoms with Crippen LogP contribution in [-0.2, 0) is 6.42 Å². The molecule has 2 rings (SSSR count). The maximum absolute atomic E-state index is 9.32. The van der Waals surface area contributed by atoms with Crippen LogP contribution in [0.25, 0.3) is 11.5 Å². The van der Waals surface area contributed by atoms with E-state index in [4.69, 9.17) is 4.52 Å². The molecular formula is C12H15N3O2. The summed E-state index contributed by atoms with van der Waals surface area (Å²) in [5.74, 6) is 1.13. The van der Waals surface area contributed by atoms with Crippen molar-refractivity contribution in [3.63, 3.8) is 0 Å². The van der Waals surface area contributed by atoms with E-state index in [1.807, 2.05) is 0 Å². The van der Waals surface area contributed by atoms with E-state index in [1.165, 1.54) is 6.20 Å². The Morgan fingerprint density at radius 2 is 2.06 bits per heavy atom. The first-order valence-corrected chi connectivity index (χ1v) is 5.41. The molecule has 0 atom stereocenters. The van der Waals surface area contributed by atoms with Gasteiger partial charge in [0.25, 0.3) is 5.89 Å². The summed E-state index contributed by atoms with van der Waals surface area (Å²) in [6.45, 7) is 6.33. The molecule has 17 heavy (non-hydrogen) atoms. The third kappa shape index (κ3) is 3.03. The van der Waals surface area contributed by atoms with Crippen molar-refractivity contribution < 1.29 is 9.63 Å². The Balaban J connectivity index is 2.24. The Morgan fingerprint density at radius 1 is 1.29 bits per heavy atom. The van der Waals surface area contributed by atoms with Crippen LogP contribution in [0.3, 0.4) is 0 Å². The average molecular weight is 233 g/mol. The van der Waals surface area contributed by atoms with Crippen LogP contribution in [0.1, 0.15) is 26.6 Å². The second-order valence-corrected chi connectivity index (χ2v) is 5.19. The number of nitrogens with zero attached hydrogens (tertiary/aromatic N) is 3. The smallest absolute Gasteiger partial charge is 0.259 e. The van der Waals surface area contributed by atoms with Crippen LogP contribution < -0.4 is 0 Å². The lowest BCUT2D eigenvalue weighted by molar-refractivity contribution is 0.374. The Kier molecular flexibility index (Phi) is 2.83. The summed E-state index contributed by atoms with van der Waals surface area (Å²) in [4.78, 5) is 8.14. The zero-order valence-corrected chi connectivity index (χ0v) is 10.1. The quantitative estimate of drug-likeness (QED) is 0.862. The fourth-order valence-electron chi connectivity index (χ4n) is 1.46. The van der Waals surface area contributed by atoms with Crippen molar-refractivity contribution >= 4 is 0 Å². The molecule has 0 aliphatic heterocycles. The highest BCUT2D eigenvalue weighted by atomic mass is 16.5. The monoisotopic (exact) mass is 233 g/mol. The van der Waals surface area contributed by atoms with Crippen LogP contribution in [0.5, 0.6) is 5.75 Å². The van der Waals surface area contributed by atoms with Crippen molar-refractivity contribution in [3.8, 4) is 17.2 Å². The highest BCUT2D eigenvalue weighted by molar-refractivity contribution is 5.53. The Morgan fingerprint density at radius 3 is 2.71 bits per heavy atom. The predicted molar refractivity (Wildman–Crippen MR) is 62.4 cm³/mol. The largest absolute Gasteiger partial charge is 0.506 e. The Labute approximate surface area is 99.5 Å².